The van der Waals surface area contributed by atoms with E-state index >= 15 is 0 Å². The number of likely N-dealkylation sites (tertiary alicyclic amines) is 1. The van der Waals surface area contributed by atoms with Crippen molar-refractivity contribution in [2.24, 2.45) is 0 Å². The molecule has 6 nitrogen and oxygen atoms in total. The highest BCUT2D eigenvalue weighted by Crippen LogP contribution is 2.32. The molecule has 0 radical (unpaired) electrons. The quantitative estimate of drug-likeness (QED) is 0.915. The first-order valence-corrected chi connectivity index (χ1v) is 7.66. The van der Waals surface area contributed by atoms with Gasteiger partial charge >= 0.3 is 5.97 Å². The van der Waals surface area contributed by atoms with E-state index in [1.54, 1.807) is 36.1 Å². The normalized spacial score (nSPS) is 21.8. The van der Waals surface area contributed by atoms with Crippen molar-refractivity contribution < 1.29 is 19.5 Å². The van der Waals surface area contributed by atoms with Crippen molar-refractivity contribution in [3.63, 3.8) is 0 Å². The van der Waals surface area contributed by atoms with Crippen molar-refractivity contribution in [1.82, 2.24) is 9.80 Å². The summed E-state index contributed by atoms with van der Waals surface area (Å²) in [4.78, 5) is 39.5. The summed E-state index contributed by atoms with van der Waals surface area (Å²) in [5, 5.41) is 9.11. The molecular weight excluding hydrogens is 296 g/mol. The Morgan fingerprint density at radius 3 is 2.43 bits per heavy atom. The minimum Gasteiger partial charge on any atom is -0.480 e. The lowest BCUT2D eigenvalue weighted by Crippen LogP contribution is -2.58. The first-order chi connectivity index (χ1) is 10.8. The van der Waals surface area contributed by atoms with Crippen LogP contribution in [-0.2, 0) is 9.59 Å². The molecule has 2 amide bonds. The van der Waals surface area contributed by atoms with E-state index in [0.29, 0.717) is 18.5 Å². The molecular formula is C17H22N2O4. The summed E-state index contributed by atoms with van der Waals surface area (Å²) in [7, 11) is 1.47. The fraction of sp³-hybridized carbons (Fsp3) is 0.471. The first-order valence-electron chi connectivity index (χ1n) is 7.66. The third-order valence-electron chi connectivity index (χ3n) is 4.63. The van der Waals surface area contributed by atoms with Gasteiger partial charge in [0.1, 0.15) is 11.6 Å². The number of hydrogen-bond donors (Lipinski definition) is 1. The van der Waals surface area contributed by atoms with E-state index in [1.165, 1.54) is 18.9 Å². The number of aliphatic carboxylic acids is 1. The molecule has 0 bridgehead atoms. The Hall–Kier alpha value is -2.37. The lowest BCUT2D eigenvalue weighted by molar-refractivity contribution is -0.152. The van der Waals surface area contributed by atoms with Crippen molar-refractivity contribution in [2.45, 2.75) is 38.3 Å². The summed E-state index contributed by atoms with van der Waals surface area (Å²) < 4.78 is 0. The molecule has 1 N–H and O–H groups in total. The van der Waals surface area contributed by atoms with Gasteiger partial charge in [-0.2, -0.15) is 0 Å². The highest BCUT2D eigenvalue weighted by atomic mass is 16.4. The van der Waals surface area contributed by atoms with Crippen molar-refractivity contribution >= 4 is 17.8 Å². The third-order valence-corrected chi connectivity index (χ3v) is 4.63. The summed E-state index contributed by atoms with van der Waals surface area (Å²) in [5.74, 6) is -1.60. The molecule has 1 heterocycles. The number of nitrogens with zero attached hydrogens (tertiary/aromatic N) is 2. The van der Waals surface area contributed by atoms with Gasteiger partial charge in [-0.1, -0.05) is 18.2 Å². The van der Waals surface area contributed by atoms with Crippen LogP contribution in [-0.4, -0.2) is 57.9 Å². The maximum absolute atomic E-state index is 12.8. The average molecular weight is 318 g/mol. The Morgan fingerprint density at radius 2 is 1.87 bits per heavy atom. The van der Waals surface area contributed by atoms with E-state index in [-0.39, 0.29) is 11.8 Å². The van der Waals surface area contributed by atoms with Gasteiger partial charge in [0.25, 0.3) is 5.91 Å². The average Bonchev–Trinajstić information content (AvgIpc) is 2.95. The molecule has 2 atom stereocenters. The summed E-state index contributed by atoms with van der Waals surface area (Å²) in [5.41, 5.74) is -0.479. The molecule has 1 fully saturated rings. The number of benzene rings is 1. The van der Waals surface area contributed by atoms with E-state index in [4.69, 9.17) is 5.11 Å². The Labute approximate surface area is 135 Å². The Bertz CT molecular complexity index is 616. The molecule has 6 heteroatoms. The van der Waals surface area contributed by atoms with Gasteiger partial charge in [-0.3, -0.25) is 9.59 Å². The second-order valence-electron chi connectivity index (χ2n) is 6.13. The molecule has 2 unspecified atom stereocenters. The number of likely N-dealkylation sites (N-methyl/N-ethyl adjacent to an activating group) is 1. The van der Waals surface area contributed by atoms with Gasteiger partial charge in [0.15, 0.2) is 0 Å². The van der Waals surface area contributed by atoms with Gasteiger partial charge in [0.2, 0.25) is 5.91 Å². The molecule has 23 heavy (non-hydrogen) atoms. The van der Waals surface area contributed by atoms with Crippen LogP contribution in [0.3, 0.4) is 0 Å². The number of carboxylic acids is 1. The lowest BCUT2D eigenvalue weighted by atomic mass is 9.95. The maximum atomic E-state index is 12.8. The number of hydrogen-bond acceptors (Lipinski definition) is 3. The molecule has 1 aliphatic heterocycles. The van der Waals surface area contributed by atoms with E-state index in [0.717, 1.165) is 6.42 Å². The van der Waals surface area contributed by atoms with E-state index in [2.05, 4.69) is 0 Å². The molecule has 0 aliphatic carbocycles. The Kier molecular flexibility index (Phi) is 4.73. The van der Waals surface area contributed by atoms with E-state index < -0.39 is 17.6 Å². The van der Waals surface area contributed by atoms with Crippen LogP contribution in [0, 0.1) is 0 Å². The van der Waals surface area contributed by atoms with Crippen molar-refractivity contribution in [1.29, 1.82) is 0 Å². The molecule has 1 saturated heterocycles. The highest BCUT2D eigenvalue weighted by Gasteiger charge is 2.48. The monoisotopic (exact) mass is 318 g/mol. The van der Waals surface area contributed by atoms with Crippen LogP contribution in [0.5, 0.6) is 0 Å². The van der Waals surface area contributed by atoms with Crippen molar-refractivity contribution in [3.05, 3.63) is 35.9 Å². The largest absolute Gasteiger partial charge is 0.480 e. The molecule has 0 spiro atoms. The molecule has 1 aromatic rings. The molecule has 1 aliphatic rings. The van der Waals surface area contributed by atoms with Crippen molar-refractivity contribution in [2.75, 3.05) is 13.6 Å². The fourth-order valence-electron chi connectivity index (χ4n) is 2.97. The molecule has 2 rings (SSSR count). The highest BCUT2D eigenvalue weighted by molar-refractivity contribution is 6.00. The number of carbonyl (C=O) groups excluding carboxylic acids is 2. The van der Waals surface area contributed by atoms with Gasteiger partial charge in [-0.05, 0) is 38.8 Å². The zero-order chi connectivity index (χ0) is 17.2. The van der Waals surface area contributed by atoms with Gasteiger partial charge in [0.05, 0.1) is 0 Å². The maximum Gasteiger partial charge on any atom is 0.326 e. The molecule has 0 saturated carbocycles. The minimum atomic E-state index is -1.07. The SMILES string of the molecule is CC(C(=O)O)N(C)C(=O)C1(C)CCCN1C(=O)c1ccccc1. The predicted molar refractivity (Wildman–Crippen MR) is 85.0 cm³/mol. The second-order valence-corrected chi connectivity index (χ2v) is 6.13. The van der Waals surface area contributed by atoms with Crippen LogP contribution >= 0.6 is 0 Å². The Morgan fingerprint density at radius 1 is 1.26 bits per heavy atom. The van der Waals surface area contributed by atoms with Crippen LogP contribution in [0.15, 0.2) is 30.3 Å². The number of amides is 2. The van der Waals surface area contributed by atoms with Gasteiger partial charge in [-0.25, -0.2) is 4.79 Å². The van der Waals surface area contributed by atoms with Crippen LogP contribution in [0.25, 0.3) is 0 Å². The van der Waals surface area contributed by atoms with Crippen LogP contribution in [0.1, 0.15) is 37.0 Å². The van der Waals surface area contributed by atoms with Crippen LogP contribution in [0.4, 0.5) is 0 Å². The summed E-state index contributed by atoms with van der Waals surface area (Å²) in [6, 6.07) is 7.88. The summed E-state index contributed by atoms with van der Waals surface area (Å²) in [6.45, 7) is 3.67. The molecule has 1 aromatic carbocycles. The van der Waals surface area contributed by atoms with Crippen LogP contribution < -0.4 is 0 Å². The molecule has 0 aromatic heterocycles. The third kappa shape index (κ3) is 3.06. The fourth-order valence-corrected chi connectivity index (χ4v) is 2.97. The van der Waals surface area contributed by atoms with Crippen LogP contribution in [0.2, 0.25) is 0 Å². The predicted octanol–water partition coefficient (Wildman–Crippen LogP) is 1.61. The zero-order valence-corrected chi connectivity index (χ0v) is 13.7. The number of carbonyl (C=O) groups is 3. The summed E-state index contributed by atoms with van der Waals surface area (Å²) >= 11 is 0. The van der Waals surface area contributed by atoms with Gasteiger partial charge in [-0.15, -0.1) is 0 Å². The summed E-state index contributed by atoms with van der Waals surface area (Å²) in [6.07, 6.45) is 1.25. The lowest BCUT2D eigenvalue weighted by Gasteiger charge is -2.38. The zero-order valence-electron chi connectivity index (χ0n) is 13.7. The Balaban J connectivity index is 2.27. The first kappa shape index (κ1) is 17.0. The van der Waals surface area contributed by atoms with E-state index in [1.807, 2.05) is 6.07 Å². The standard InChI is InChI=1S/C17H22N2O4/c1-12(15(21)22)18(3)16(23)17(2)10-7-11-19(17)14(20)13-8-5-4-6-9-13/h4-6,8-9,12H,7,10-11H2,1-3H3,(H,21,22). The van der Waals surface area contributed by atoms with Gasteiger partial charge < -0.3 is 14.9 Å². The minimum absolute atomic E-state index is 0.199. The topological polar surface area (TPSA) is 77.9 Å². The smallest absolute Gasteiger partial charge is 0.326 e. The van der Waals surface area contributed by atoms with Gasteiger partial charge in [0, 0.05) is 19.2 Å². The molecule has 124 valence electrons. The van der Waals surface area contributed by atoms with Crippen molar-refractivity contribution in [3.8, 4) is 0 Å². The second kappa shape index (κ2) is 6.40. The number of carboxylic acid groups (broad SMARTS) is 1. The number of rotatable bonds is 4. The van der Waals surface area contributed by atoms with E-state index in [9.17, 15) is 14.4 Å².